The summed E-state index contributed by atoms with van der Waals surface area (Å²) in [5, 5.41) is 7.10. The summed E-state index contributed by atoms with van der Waals surface area (Å²) in [5.41, 5.74) is 5.33. The first-order chi connectivity index (χ1) is 21.8. The van der Waals surface area contributed by atoms with E-state index in [0.717, 1.165) is 45.3 Å². The first-order valence-corrected chi connectivity index (χ1v) is 15.5. The molecule has 0 saturated carbocycles. The standard InChI is InChI=1S/C34H40N8O3/c1-22(27-20-36-28-9-5-4-8-26(27)28)31(32(43)37-19-24-18-23(12-15-35-24)21-40(2)3)39-33(44)41-16-13-25(14-17-41)42-30-11-7-6-10-29(30)38-34(42)45/h4-12,15,18,20,22,25,31,36H,13-14,16-17,19,21H2,1-3H3,(H,37,43)(H,38,45)(H,39,44)/t22-,31+/m0/s1. The maximum absolute atomic E-state index is 13.8. The van der Waals surface area contributed by atoms with Gasteiger partial charge in [-0.2, -0.15) is 0 Å². The van der Waals surface area contributed by atoms with E-state index in [0.29, 0.717) is 25.9 Å². The number of nitrogens with zero attached hydrogens (tertiary/aromatic N) is 4. The molecule has 5 aromatic rings. The van der Waals surface area contributed by atoms with Crippen LogP contribution < -0.4 is 16.3 Å². The van der Waals surface area contributed by atoms with Crippen molar-refractivity contribution in [2.45, 2.75) is 50.9 Å². The van der Waals surface area contributed by atoms with E-state index in [2.05, 4.69) is 30.5 Å². The molecule has 0 radical (unpaired) electrons. The third-order valence-corrected chi connectivity index (χ3v) is 8.74. The summed E-state index contributed by atoms with van der Waals surface area (Å²) in [6, 6.07) is 18.4. The van der Waals surface area contributed by atoms with Gasteiger partial charge < -0.3 is 30.4 Å². The Morgan fingerprint density at radius 2 is 1.78 bits per heavy atom. The molecular formula is C34H40N8O3. The van der Waals surface area contributed by atoms with Crippen LogP contribution in [0.15, 0.2) is 77.9 Å². The van der Waals surface area contributed by atoms with Crippen molar-refractivity contribution in [1.29, 1.82) is 0 Å². The lowest BCUT2D eigenvalue weighted by Crippen LogP contribution is -2.54. The molecule has 0 spiro atoms. The lowest BCUT2D eigenvalue weighted by atomic mass is 9.92. The number of imidazole rings is 1. The Morgan fingerprint density at radius 3 is 2.56 bits per heavy atom. The maximum Gasteiger partial charge on any atom is 0.326 e. The predicted octanol–water partition coefficient (Wildman–Crippen LogP) is 4.10. The second-order valence-corrected chi connectivity index (χ2v) is 12.2. The number of hydrogen-bond acceptors (Lipinski definition) is 5. The number of amides is 3. The average molecular weight is 609 g/mol. The van der Waals surface area contributed by atoms with Gasteiger partial charge in [0, 0.05) is 54.9 Å². The molecule has 0 aliphatic carbocycles. The molecule has 11 nitrogen and oxygen atoms in total. The van der Waals surface area contributed by atoms with Crippen molar-refractivity contribution < 1.29 is 9.59 Å². The summed E-state index contributed by atoms with van der Waals surface area (Å²) in [6.07, 6.45) is 4.94. The van der Waals surface area contributed by atoms with Crippen molar-refractivity contribution in [3.8, 4) is 0 Å². The number of pyridine rings is 1. The van der Waals surface area contributed by atoms with Gasteiger partial charge in [0.2, 0.25) is 5.91 Å². The molecule has 3 amide bonds. The van der Waals surface area contributed by atoms with Gasteiger partial charge >= 0.3 is 11.7 Å². The minimum Gasteiger partial charge on any atom is -0.361 e. The molecule has 0 unspecified atom stereocenters. The highest BCUT2D eigenvalue weighted by Crippen LogP contribution is 2.29. The second kappa shape index (κ2) is 13.0. The molecule has 11 heteroatoms. The minimum absolute atomic E-state index is 0.0160. The molecule has 1 fully saturated rings. The van der Waals surface area contributed by atoms with Crippen LogP contribution in [0.1, 0.15) is 48.5 Å². The number of nitrogens with one attached hydrogen (secondary N) is 4. The van der Waals surface area contributed by atoms with Crippen LogP contribution in [0.2, 0.25) is 0 Å². The van der Waals surface area contributed by atoms with Gasteiger partial charge in [-0.1, -0.05) is 37.3 Å². The number of carbonyl (C=O) groups is 2. The molecule has 2 aromatic carbocycles. The number of rotatable bonds is 9. The molecular weight excluding hydrogens is 568 g/mol. The molecule has 234 valence electrons. The first kappa shape index (κ1) is 30.1. The Kier molecular flexibility index (Phi) is 8.70. The van der Waals surface area contributed by atoms with Crippen molar-refractivity contribution in [3.05, 3.63) is 100 Å². The van der Waals surface area contributed by atoms with Gasteiger partial charge in [0.25, 0.3) is 0 Å². The smallest absolute Gasteiger partial charge is 0.326 e. The van der Waals surface area contributed by atoms with Crippen LogP contribution in [0.4, 0.5) is 4.79 Å². The zero-order valence-electron chi connectivity index (χ0n) is 25.9. The molecule has 6 rings (SSSR count). The van der Waals surface area contributed by atoms with E-state index in [-0.39, 0.29) is 36.1 Å². The van der Waals surface area contributed by atoms with Gasteiger partial charge in [0.15, 0.2) is 0 Å². The van der Waals surface area contributed by atoms with Gasteiger partial charge in [-0.15, -0.1) is 0 Å². The number of aromatic amines is 2. The Morgan fingerprint density at radius 1 is 1.04 bits per heavy atom. The van der Waals surface area contributed by atoms with Gasteiger partial charge in [0.1, 0.15) is 6.04 Å². The SMILES string of the molecule is C[C@@H](c1c[nH]c2ccccc12)[C@@H](NC(=O)N1CCC(n2c(=O)[nH]c3ccccc32)CC1)C(=O)NCc1cc(CN(C)C)ccn1. The molecule has 1 aliphatic heterocycles. The Hall–Kier alpha value is -4.90. The molecule has 4 N–H and O–H groups in total. The van der Waals surface area contributed by atoms with Crippen LogP contribution in [0.3, 0.4) is 0 Å². The monoisotopic (exact) mass is 608 g/mol. The van der Waals surface area contributed by atoms with E-state index in [9.17, 15) is 14.4 Å². The number of urea groups is 1. The number of aromatic nitrogens is 4. The topological polar surface area (TPSA) is 131 Å². The fraction of sp³-hybridized carbons (Fsp3) is 0.353. The lowest BCUT2D eigenvalue weighted by molar-refractivity contribution is -0.123. The highest BCUT2D eigenvalue weighted by molar-refractivity contribution is 5.90. The summed E-state index contributed by atoms with van der Waals surface area (Å²) in [7, 11) is 4.01. The number of H-pyrrole nitrogens is 2. The highest BCUT2D eigenvalue weighted by atomic mass is 16.2. The molecule has 2 atom stereocenters. The molecule has 0 bridgehead atoms. The van der Waals surface area contributed by atoms with Gasteiger partial charge in [-0.3, -0.25) is 14.3 Å². The van der Waals surface area contributed by atoms with Crippen LogP contribution in [0.5, 0.6) is 0 Å². The van der Waals surface area contributed by atoms with E-state index in [1.807, 2.05) is 92.4 Å². The fourth-order valence-corrected chi connectivity index (χ4v) is 6.43. The molecule has 4 heterocycles. The Labute approximate surface area is 261 Å². The number of benzene rings is 2. The summed E-state index contributed by atoms with van der Waals surface area (Å²) in [6.45, 7) is 3.93. The summed E-state index contributed by atoms with van der Waals surface area (Å²) >= 11 is 0. The Bertz CT molecular complexity index is 1860. The number of likely N-dealkylation sites (tertiary alicyclic amines) is 1. The summed E-state index contributed by atoms with van der Waals surface area (Å²) in [5.74, 6) is -0.596. The van der Waals surface area contributed by atoms with Crippen LogP contribution in [-0.2, 0) is 17.9 Å². The van der Waals surface area contributed by atoms with Crippen molar-refractivity contribution in [2.24, 2.45) is 0 Å². The van der Waals surface area contributed by atoms with E-state index in [1.165, 1.54) is 0 Å². The summed E-state index contributed by atoms with van der Waals surface area (Å²) in [4.78, 5) is 54.7. The second-order valence-electron chi connectivity index (χ2n) is 12.2. The molecule has 1 aliphatic rings. The van der Waals surface area contributed by atoms with E-state index >= 15 is 0 Å². The number of fused-ring (bicyclic) bond motifs is 2. The highest BCUT2D eigenvalue weighted by Gasteiger charge is 2.33. The third kappa shape index (κ3) is 6.48. The number of para-hydroxylation sites is 3. The Balaban J connectivity index is 1.17. The van der Waals surface area contributed by atoms with Gasteiger partial charge in [-0.25, -0.2) is 9.59 Å². The molecule has 3 aromatic heterocycles. The van der Waals surface area contributed by atoms with Crippen LogP contribution in [0.25, 0.3) is 21.9 Å². The van der Waals surface area contributed by atoms with Gasteiger partial charge in [0.05, 0.1) is 23.3 Å². The van der Waals surface area contributed by atoms with Crippen molar-refractivity contribution in [3.63, 3.8) is 0 Å². The quantitative estimate of drug-likeness (QED) is 0.200. The normalized spacial score (nSPS) is 15.4. The lowest BCUT2D eigenvalue weighted by Gasteiger charge is -2.34. The van der Waals surface area contributed by atoms with Crippen LogP contribution in [-0.4, -0.2) is 74.5 Å². The van der Waals surface area contributed by atoms with Crippen LogP contribution >= 0.6 is 0 Å². The molecule has 45 heavy (non-hydrogen) atoms. The van der Waals surface area contributed by atoms with Crippen molar-refractivity contribution in [2.75, 3.05) is 27.2 Å². The van der Waals surface area contributed by atoms with E-state index < -0.39 is 6.04 Å². The minimum atomic E-state index is -0.823. The molecule has 1 saturated heterocycles. The predicted molar refractivity (Wildman–Crippen MR) is 175 cm³/mol. The zero-order valence-corrected chi connectivity index (χ0v) is 25.9. The van der Waals surface area contributed by atoms with Crippen molar-refractivity contribution >= 4 is 33.9 Å². The first-order valence-electron chi connectivity index (χ1n) is 15.5. The average Bonchev–Trinajstić information content (AvgIpc) is 3.62. The van der Waals surface area contributed by atoms with E-state index in [4.69, 9.17) is 0 Å². The number of hydrogen-bond donors (Lipinski definition) is 4. The van der Waals surface area contributed by atoms with E-state index in [1.54, 1.807) is 11.1 Å². The number of piperidine rings is 1. The van der Waals surface area contributed by atoms with Gasteiger partial charge in [-0.05, 0) is 68.4 Å². The fourth-order valence-electron chi connectivity index (χ4n) is 6.43. The largest absolute Gasteiger partial charge is 0.361 e. The zero-order chi connectivity index (χ0) is 31.5. The summed E-state index contributed by atoms with van der Waals surface area (Å²) < 4.78 is 1.81. The van der Waals surface area contributed by atoms with Crippen molar-refractivity contribution in [1.82, 2.24) is 40.0 Å². The third-order valence-electron chi connectivity index (χ3n) is 8.74. The maximum atomic E-state index is 13.8. The number of carbonyl (C=O) groups excluding carboxylic acids is 2. The van der Waals surface area contributed by atoms with Crippen LogP contribution in [0, 0.1) is 0 Å².